The van der Waals surface area contributed by atoms with E-state index in [1.165, 1.54) is 6.07 Å². The van der Waals surface area contributed by atoms with Crippen LogP contribution < -0.4 is 11.3 Å². The van der Waals surface area contributed by atoms with Crippen LogP contribution in [0, 0.1) is 11.7 Å². The molecule has 0 saturated carbocycles. The predicted octanol–water partition coefficient (Wildman–Crippen LogP) is 2.91. The lowest BCUT2D eigenvalue weighted by Crippen LogP contribution is -2.31. The normalized spacial score (nSPS) is 18.8. The fourth-order valence-electron chi connectivity index (χ4n) is 2.39. The van der Waals surface area contributed by atoms with E-state index in [4.69, 9.17) is 10.6 Å². The van der Waals surface area contributed by atoms with Crippen LogP contribution in [0.5, 0.6) is 0 Å². The van der Waals surface area contributed by atoms with Gasteiger partial charge in [-0.2, -0.15) is 0 Å². The third kappa shape index (κ3) is 3.29. The summed E-state index contributed by atoms with van der Waals surface area (Å²) in [6.07, 6.45) is 3.00. The summed E-state index contributed by atoms with van der Waals surface area (Å²) in [4.78, 5) is 0. The Kier molecular flexibility index (Phi) is 5.12. The fourth-order valence-corrected chi connectivity index (χ4v) is 2.93. The fraction of sp³-hybridized carbons (Fsp3) is 0.538. The van der Waals surface area contributed by atoms with E-state index in [0.717, 1.165) is 38.0 Å². The first-order valence-electron chi connectivity index (χ1n) is 6.20. The van der Waals surface area contributed by atoms with E-state index in [0.29, 0.717) is 10.4 Å². The van der Waals surface area contributed by atoms with Crippen molar-refractivity contribution in [3.05, 3.63) is 34.1 Å². The van der Waals surface area contributed by atoms with Crippen LogP contribution in [-0.2, 0) is 4.74 Å². The second kappa shape index (κ2) is 6.61. The Hall–Kier alpha value is -0.490. The van der Waals surface area contributed by atoms with E-state index in [2.05, 4.69) is 21.4 Å². The molecule has 0 aromatic heterocycles. The van der Waals surface area contributed by atoms with E-state index in [1.807, 2.05) is 6.07 Å². The highest BCUT2D eigenvalue weighted by Crippen LogP contribution is 2.32. The summed E-state index contributed by atoms with van der Waals surface area (Å²) in [5, 5.41) is 0. The molecule has 2 rings (SSSR count). The number of nitrogens with one attached hydrogen (secondary N) is 1. The second-order valence-corrected chi connectivity index (χ2v) is 5.45. The van der Waals surface area contributed by atoms with Gasteiger partial charge in [0.05, 0.1) is 4.47 Å². The van der Waals surface area contributed by atoms with Crippen molar-refractivity contribution in [2.45, 2.75) is 25.3 Å². The van der Waals surface area contributed by atoms with Gasteiger partial charge in [-0.15, -0.1) is 0 Å². The maximum absolute atomic E-state index is 13.5. The largest absolute Gasteiger partial charge is 0.381 e. The second-order valence-electron chi connectivity index (χ2n) is 4.65. The lowest BCUT2D eigenvalue weighted by atomic mass is 9.90. The van der Waals surface area contributed by atoms with Gasteiger partial charge in [-0.3, -0.25) is 11.3 Å². The minimum atomic E-state index is -0.250. The van der Waals surface area contributed by atoms with Crippen LogP contribution in [0.1, 0.15) is 30.9 Å². The number of hydrogen-bond acceptors (Lipinski definition) is 3. The molecule has 3 nitrogen and oxygen atoms in total. The molecular weight excluding hydrogens is 299 g/mol. The van der Waals surface area contributed by atoms with Gasteiger partial charge in [0.15, 0.2) is 0 Å². The van der Waals surface area contributed by atoms with Crippen LogP contribution in [-0.4, -0.2) is 13.2 Å². The van der Waals surface area contributed by atoms with Crippen LogP contribution in [0.25, 0.3) is 0 Å². The molecule has 100 valence electrons. The number of ether oxygens (including phenoxy) is 1. The molecule has 0 aliphatic carbocycles. The predicted molar refractivity (Wildman–Crippen MR) is 72.3 cm³/mol. The molecule has 1 saturated heterocycles. The molecule has 0 radical (unpaired) electrons. The molecule has 1 aliphatic heterocycles. The Balaban J connectivity index is 2.09. The molecule has 1 fully saturated rings. The summed E-state index contributed by atoms with van der Waals surface area (Å²) in [7, 11) is 0. The highest BCUT2D eigenvalue weighted by Gasteiger charge is 2.22. The highest BCUT2D eigenvalue weighted by molar-refractivity contribution is 9.10. The molecule has 1 unspecified atom stereocenters. The number of rotatable bonds is 4. The Morgan fingerprint density at radius 2 is 2.17 bits per heavy atom. The maximum atomic E-state index is 13.5. The van der Waals surface area contributed by atoms with Gasteiger partial charge in [-0.25, -0.2) is 4.39 Å². The summed E-state index contributed by atoms with van der Waals surface area (Å²) < 4.78 is 19.4. The first-order chi connectivity index (χ1) is 8.72. The zero-order valence-corrected chi connectivity index (χ0v) is 11.7. The van der Waals surface area contributed by atoms with Crippen LogP contribution in [0.2, 0.25) is 0 Å². The number of benzene rings is 1. The van der Waals surface area contributed by atoms with Crippen LogP contribution >= 0.6 is 15.9 Å². The van der Waals surface area contributed by atoms with Gasteiger partial charge >= 0.3 is 0 Å². The molecule has 0 bridgehead atoms. The van der Waals surface area contributed by atoms with Gasteiger partial charge in [-0.1, -0.05) is 12.1 Å². The minimum absolute atomic E-state index is 0.0295. The van der Waals surface area contributed by atoms with E-state index in [1.54, 1.807) is 6.07 Å². The average Bonchev–Trinajstić information content (AvgIpc) is 2.41. The van der Waals surface area contributed by atoms with Crippen molar-refractivity contribution in [3.63, 3.8) is 0 Å². The summed E-state index contributed by atoms with van der Waals surface area (Å²) in [6.45, 7) is 1.62. The van der Waals surface area contributed by atoms with Gasteiger partial charge in [0.1, 0.15) is 5.82 Å². The SMILES string of the molecule is NNC(CC1CCOCC1)c1cccc(F)c1Br. The van der Waals surface area contributed by atoms with Crippen LogP contribution in [0.4, 0.5) is 4.39 Å². The van der Waals surface area contributed by atoms with Gasteiger partial charge < -0.3 is 4.74 Å². The lowest BCUT2D eigenvalue weighted by Gasteiger charge is -2.27. The van der Waals surface area contributed by atoms with Crippen molar-refractivity contribution in [2.24, 2.45) is 11.8 Å². The van der Waals surface area contributed by atoms with Crippen LogP contribution in [0.3, 0.4) is 0 Å². The van der Waals surface area contributed by atoms with E-state index >= 15 is 0 Å². The summed E-state index contributed by atoms with van der Waals surface area (Å²) >= 11 is 3.29. The van der Waals surface area contributed by atoms with Crippen molar-refractivity contribution in [1.29, 1.82) is 0 Å². The van der Waals surface area contributed by atoms with Crippen LogP contribution in [0.15, 0.2) is 22.7 Å². The molecule has 1 aromatic carbocycles. The highest BCUT2D eigenvalue weighted by atomic mass is 79.9. The molecule has 1 aromatic rings. The number of hydrazine groups is 1. The maximum Gasteiger partial charge on any atom is 0.137 e. The average molecular weight is 317 g/mol. The van der Waals surface area contributed by atoms with Crippen molar-refractivity contribution < 1.29 is 9.13 Å². The Labute approximate surface area is 115 Å². The summed E-state index contributed by atoms with van der Waals surface area (Å²) in [5.41, 5.74) is 3.67. The number of hydrogen-bond donors (Lipinski definition) is 2. The van der Waals surface area contributed by atoms with Gasteiger partial charge in [0.25, 0.3) is 0 Å². The van der Waals surface area contributed by atoms with Crippen molar-refractivity contribution >= 4 is 15.9 Å². The van der Waals surface area contributed by atoms with Gasteiger partial charge in [0.2, 0.25) is 0 Å². The molecule has 1 aliphatic rings. The minimum Gasteiger partial charge on any atom is -0.381 e. The Bertz CT molecular complexity index is 397. The quantitative estimate of drug-likeness (QED) is 0.663. The van der Waals surface area contributed by atoms with E-state index in [-0.39, 0.29) is 11.9 Å². The lowest BCUT2D eigenvalue weighted by molar-refractivity contribution is 0.0605. The molecule has 18 heavy (non-hydrogen) atoms. The molecule has 1 atom stereocenters. The Morgan fingerprint density at radius 3 is 2.83 bits per heavy atom. The number of halogens is 2. The molecule has 0 spiro atoms. The first kappa shape index (κ1) is 13.9. The third-order valence-corrected chi connectivity index (χ3v) is 4.30. The zero-order chi connectivity index (χ0) is 13.0. The van der Waals surface area contributed by atoms with Crippen molar-refractivity contribution in [2.75, 3.05) is 13.2 Å². The third-order valence-electron chi connectivity index (χ3n) is 3.47. The molecule has 0 amide bonds. The monoisotopic (exact) mass is 316 g/mol. The van der Waals surface area contributed by atoms with Crippen molar-refractivity contribution in [3.8, 4) is 0 Å². The standard InChI is InChI=1S/C13H18BrFN2O/c14-13-10(2-1-3-11(13)15)12(17-16)8-9-4-6-18-7-5-9/h1-3,9,12,17H,4-8,16H2. The number of nitrogens with two attached hydrogens (primary N) is 1. The van der Waals surface area contributed by atoms with E-state index < -0.39 is 0 Å². The Morgan fingerprint density at radius 1 is 1.44 bits per heavy atom. The molecular formula is C13H18BrFN2O. The van der Waals surface area contributed by atoms with Gasteiger partial charge in [0, 0.05) is 19.3 Å². The smallest absolute Gasteiger partial charge is 0.137 e. The van der Waals surface area contributed by atoms with Crippen molar-refractivity contribution in [1.82, 2.24) is 5.43 Å². The molecule has 5 heteroatoms. The first-order valence-corrected chi connectivity index (χ1v) is 6.99. The molecule has 1 heterocycles. The summed E-state index contributed by atoms with van der Waals surface area (Å²) in [5.74, 6) is 5.94. The topological polar surface area (TPSA) is 47.3 Å². The summed E-state index contributed by atoms with van der Waals surface area (Å²) in [6, 6.07) is 5.02. The molecule has 3 N–H and O–H groups in total. The zero-order valence-electron chi connectivity index (χ0n) is 10.2. The van der Waals surface area contributed by atoms with E-state index in [9.17, 15) is 4.39 Å². The van der Waals surface area contributed by atoms with Gasteiger partial charge in [-0.05, 0) is 52.7 Å².